The molecule has 0 spiro atoms. The summed E-state index contributed by atoms with van der Waals surface area (Å²) in [7, 11) is 0. The minimum Gasteiger partial charge on any atom is -0.466 e. The Morgan fingerprint density at radius 3 is 2.20 bits per heavy atom. The van der Waals surface area contributed by atoms with Crippen molar-refractivity contribution < 1.29 is 28.9 Å². The van der Waals surface area contributed by atoms with Gasteiger partial charge in [-0.25, -0.2) is 19.4 Å². The van der Waals surface area contributed by atoms with Gasteiger partial charge in [-0.15, -0.1) is 0 Å². The number of ether oxygens (including phenoxy) is 1. The standard InChI is InChI=1S/C9H14O6/c1-3-8(11)14-15-9(12)5-4-6-13-7(2)10/h3-6H2,1-2H3. The van der Waals surface area contributed by atoms with Crippen molar-refractivity contribution in [2.75, 3.05) is 6.61 Å². The normalized spacial score (nSPS) is 9.20. The lowest BCUT2D eigenvalue weighted by Gasteiger charge is -2.02. The van der Waals surface area contributed by atoms with Crippen LogP contribution in [0.15, 0.2) is 0 Å². The smallest absolute Gasteiger partial charge is 0.355 e. The number of rotatable bonds is 5. The van der Waals surface area contributed by atoms with E-state index < -0.39 is 17.9 Å². The molecule has 0 aromatic rings. The van der Waals surface area contributed by atoms with Crippen molar-refractivity contribution in [3.05, 3.63) is 0 Å². The zero-order chi connectivity index (χ0) is 11.7. The van der Waals surface area contributed by atoms with Crippen LogP contribution < -0.4 is 0 Å². The molecule has 86 valence electrons. The fourth-order valence-electron chi connectivity index (χ4n) is 0.626. The van der Waals surface area contributed by atoms with Gasteiger partial charge in [0.1, 0.15) is 0 Å². The van der Waals surface area contributed by atoms with Crippen molar-refractivity contribution in [1.29, 1.82) is 0 Å². The van der Waals surface area contributed by atoms with Gasteiger partial charge in [0, 0.05) is 13.3 Å². The first kappa shape index (κ1) is 13.4. The Morgan fingerprint density at radius 2 is 1.67 bits per heavy atom. The zero-order valence-electron chi connectivity index (χ0n) is 8.78. The van der Waals surface area contributed by atoms with Crippen LogP contribution in [-0.2, 0) is 28.9 Å². The number of hydrogen-bond donors (Lipinski definition) is 0. The van der Waals surface area contributed by atoms with Crippen molar-refractivity contribution >= 4 is 17.9 Å². The lowest BCUT2D eigenvalue weighted by atomic mass is 10.3. The highest BCUT2D eigenvalue weighted by Gasteiger charge is 2.07. The summed E-state index contributed by atoms with van der Waals surface area (Å²) in [6, 6.07) is 0. The third-order valence-electron chi connectivity index (χ3n) is 1.35. The van der Waals surface area contributed by atoms with Crippen LogP contribution in [0.1, 0.15) is 33.1 Å². The Hall–Kier alpha value is -1.59. The minimum atomic E-state index is -0.663. The van der Waals surface area contributed by atoms with Crippen molar-refractivity contribution in [3.63, 3.8) is 0 Å². The summed E-state index contributed by atoms with van der Waals surface area (Å²) in [5, 5.41) is 0. The molecule has 0 aliphatic heterocycles. The van der Waals surface area contributed by atoms with Gasteiger partial charge in [-0.05, 0) is 6.42 Å². The second kappa shape index (κ2) is 7.78. The molecule has 0 saturated carbocycles. The lowest BCUT2D eigenvalue weighted by molar-refractivity contribution is -0.259. The number of carbonyl (C=O) groups is 3. The molecular weight excluding hydrogens is 204 g/mol. The number of hydrogen-bond acceptors (Lipinski definition) is 6. The van der Waals surface area contributed by atoms with E-state index in [9.17, 15) is 14.4 Å². The third-order valence-corrected chi connectivity index (χ3v) is 1.35. The van der Waals surface area contributed by atoms with E-state index in [1.807, 2.05) is 0 Å². The molecule has 0 radical (unpaired) electrons. The Labute approximate surface area is 87.4 Å². The molecule has 6 nitrogen and oxygen atoms in total. The van der Waals surface area contributed by atoms with Crippen LogP contribution in [-0.4, -0.2) is 24.5 Å². The summed E-state index contributed by atoms with van der Waals surface area (Å²) in [5.41, 5.74) is 0. The molecule has 0 atom stereocenters. The summed E-state index contributed by atoms with van der Waals surface area (Å²) in [6.45, 7) is 3.00. The van der Waals surface area contributed by atoms with Gasteiger partial charge >= 0.3 is 17.9 Å². The Morgan fingerprint density at radius 1 is 1.07 bits per heavy atom. The van der Waals surface area contributed by atoms with E-state index in [2.05, 4.69) is 14.5 Å². The molecule has 0 aromatic carbocycles. The highest BCUT2D eigenvalue weighted by Crippen LogP contribution is 1.96. The first-order chi connectivity index (χ1) is 7.06. The van der Waals surface area contributed by atoms with Gasteiger partial charge in [-0.2, -0.15) is 0 Å². The van der Waals surface area contributed by atoms with Gasteiger partial charge in [0.15, 0.2) is 0 Å². The summed E-state index contributed by atoms with van der Waals surface area (Å²) >= 11 is 0. The second-order valence-corrected chi connectivity index (χ2v) is 2.71. The predicted molar refractivity (Wildman–Crippen MR) is 48.3 cm³/mol. The molecule has 0 aliphatic carbocycles. The highest BCUT2D eigenvalue weighted by molar-refractivity contribution is 5.72. The topological polar surface area (TPSA) is 78.9 Å². The van der Waals surface area contributed by atoms with E-state index in [0.29, 0.717) is 6.42 Å². The summed E-state index contributed by atoms with van der Waals surface area (Å²) in [5.74, 6) is -1.67. The molecule has 6 heteroatoms. The quantitative estimate of drug-likeness (QED) is 0.293. The summed E-state index contributed by atoms with van der Waals surface area (Å²) in [6.07, 6.45) is 0.507. The highest BCUT2D eigenvalue weighted by atomic mass is 17.2. The first-order valence-corrected chi connectivity index (χ1v) is 4.59. The Bertz CT molecular complexity index is 235. The summed E-state index contributed by atoms with van der Waals surface area (Å²) in [4.78, 5) is 40.1. The van der Waals surface area contributed by atoms with Crippen LogP contribution in [0.2, 0.25) is 0 Å². The van der Waals surface area contributed by atoms with Crippen LogP contribution in [0.25, 0.3) is 0 Å². The van der Waals surface area contributed by atoms with Gasteiger partial charge in [-0.1, -0.05) is 6.92 Å². The van der Waals surface area contributed by atoms with E-state index in [0.717, 1.165) is 0 Å². The molecule has 15 heavy (non-hydrogen) atoms. The molecule has 0 rings (SSSR count). The van der Waals surface area contributed by atoms with Gasteiger partial charge in [0.25, 0.3) is 0 Å². The van der Waals surface area contributed by atoms with Crippen LogP contribution in [0, 0.1) is 0 Å². The maximum absolute atomic E-state index is 10.9. The van der Waals surface area contributed by atoms with Crippen LogP contribution in [0.5, 0.6) is 0 Å². The van der Waals surface area contributed by atoms with Crippen LogP contribution >= 0.6 is 0 Å². The predicted octanol–water partition coefficient (Wildman–Crippen LogP) is 0.741. The van der Waals surface area contributed by atoms with E-state index in [1.165, 1.54) is 6.92 Å². The number of carbonyl (C=O) groups excluding carboxylic acids is 3. The van der Waals surface area contributed by atoms with Gasteiger partial charge in [0.2, 0.25) is 0 Å². The fraction of sp³-hybridized carbons (Fsp3) is 0.667. The van der Waals surface area contributed by atoms with Crippen molar-refractivity contribution in [1.82, 2.24) is 0 Å². The molecule has 0 N–H and O–H groups in total. The summed E-state index contributed by atoms with van der Waals surface area (Å²) < 4.78 is 4.58. The molecule has 0 unspecified atom stereocenters. The molecule has 0 saturated heterocycles. The SMILES string of the molecule is CCC(=O)OOC(=O)CCCOC(C)=O. The Kier molecular flexibility index (Phi) is 6.96. The molecular formula is C9H14O6. The third kappa shape index (κ3) is 8.73. The first-order valence-electron chi connectivity index (χ1n) is 4.59. The van der Waals surface area contributed by atoms with Crippen molar-refractivity contribution in [3.8, 4) is 0 Å². The Balaban J connectivity index is 3.41. The zero-order valence-corrected chi connectivity index (χ0v) is 8.78. The molecule has 0 fully saturated rings. The average Bonchev–Trinajstić information content (AvgIpc) is 2.20. The monoisotopic (exact) mass is 218 g/mol. The molecule has 0 bridgehead atoms. The maximum Gasteiger partial charge on any atom is 0.355 e. The molecule has 0 heterocycles. The van der Waals surface area contributed by atoms with Crippen LogP contribution in [0.3, 0.4) is 0 Å². The molecule has 0 aliphatic rings. The van der Waals surface area contributed by atoms with Crippen molar-refractivity contribution in [2.24, 2.45) is 0 Å². The van der Waals surface area contributed by atoms with Gasteiger partial charge < -0.3 is 4.74 Å². The van der Waals surface area contributed by atoms with Crippen molar-refractivity contribution in [2.45, 2.75) is 33.1 Å². The fourth-order valence-corrected chi connectivity index (χ4v) is 0.626. The van der Waals surface area contributed by atoms with Crippen LogP contribution in [0.4, 0.5) is 0 Å². The minimum absolute atomic E-state index is 0.0320. The van der Waals surface area contributed by atoms with E-state index in [-0.39, 0.29) is 19.4 Å². The molecule has 0 aromatic heterocycles. The largest absolute Gasteiger partial charge is 0.466 e. The van der Waals surface area contributed by atoms with Gasteiger partial charge in [0.05, 0.1) is 13.0 Å². The molecule has 0 amide bonds. The second-order valence-electron chi connectivity index (χ2n) is 2.71. The van der Waals surface area contributed by atoms with E-state index in [4.69, 9.17) is 0 Å². The van der Waals surface area contributed by atoms with Gasteiger partial charge in [-0.3, -0.25) is 4.79 Å². The lowest BCUT2D eigenvalue weighted by Crippen LogP contribution is -2.11. The van der Waals surface area contributed by atoms with E-state index >= 15 is 0 Å². The van der Waals surface area contributed by atoms with E-state index in [1.54, 1.807) is 6.92 Å². The number of esters is 1. The average molecular weight is 218 g/mol. The maximum atomic E-state index is 10.9.